The van der Waals surface area contributed by atoms with E-state index in [2.05, 4.69) is 15.2 Å². The molecule has 0 radical (unpaired) electrons. The summed E-state index contributed by atoms with van der Waals surface area (Å²) >= 11 is 6.92. The molecule has 0 aliphatic heterocycles. The highest BCUT2D eigenvalue weighted by atomic mass is 35.5. The number of pyridine rings is 2. The summed E-state index contributed by atoms with van der Waals surface area (Å²) in [7, 11) is 1.62. The van der Waals surface area contributed by atoms with Crippen molar-refractivity contribution >= 4 is 44.7 Å². The summed E-state index contributed by atoms with van der Waals surface area (Å²) < 4.78 is 13.2. The second kappa shape index (κ2) is 7.98. The molecule has 5 aromatic rings. The molecule has 0 fully saturated rings. The summed E-state index contributed by atoms with van der Waals surface area (Å²) in [5.41, 5.74) is 2.42. The van der Waals surface area contributed by atoms with E-state index in [4.69, 9.17) is 21.1 Å². The van der Waals surface area contributed by atoms with Gasteiger partial charge in [0.05, 0.1) is 17.5 Å². The number of hydrogen-bond acceptors (Lipinski definition) is 7. The molecule has 0 aliphatic rings. The molecule has 4 aromatic heterocycles. The quantitative estimate of drug-likeness (QED) is 0.340. The number of carbonyl (C=O) groups is 1. The molecule has 154 valence electrons. The van der Waals surface area contributed by atoms with Crippen LogP contribution in [0.25, 0.3) is 27.0 Å². The van der Waals surface area contributed by atoms with Gasteiger partial charge >= 0.3 is 0 Å². The third-order valence-electron chi connectivity index (χ3n) is 4.82. The lowest BCUT2D eigenvalue weighted by Crippen LogP contribution is -2.02. The summed E-state index contributed by atoms with van der Waals surface area (Å²) in [5.74, 6) is 2.09. The Morgan fingerprint density at radius 3 is 2.84 bits per heavy atom. The maximum absolute atomic E-state index is 11.4. The van der Waals surface area contributed by atoms with Crippen molar-refractivity contribution in [2.45, 2.75) is 6.61 Å². The third kappa shape index (κ3) is 3.71. The lowest BCUT2D eigenvalue weighted by molar-refractivity contribution is 0.108. The standard InChI is InChI=1S/C22H15ClN4O3S/c1-29-14-3-4-15-16(10-14)24-9-8-17(15)30-12-21-26-25-20-7-2-13(11-27(20)21)18-5-6-19(31-18)22(23)28/h2-11H,12H2,1H3. The second-order valence-corrected chi connectivity index (χ2v) is 8.11. The zero-order valence-electron chi connectivity index (χ0n) is 16.3. The van der Waals surface area contributed by atoms with E-state index in [0.717, 1.165) is 27.1 Å². The van der Waals surface area contributed by atoms with Gasteiger partial charge in [-0.2, -0.15) is 0 Å². The van der Waals surface area contributed by atoms with Crippen molar-refractivity contribution in [3.05, 3.63) is 71.6 Å². The third-order valence-corrected chi connectivity index (χ3v) is 6.27. The van der Waals surface area contributed by atoms with Crippen LogP contribution in [0.3, 0.4) is 0 Å². The first-order valence-electron chi connectivity index (χ1n) is 9.31. The molecule has 0 saturated carbocycles. The molecular formula is C22H15ClN4O3S. The maximum Gasteiger partial charge on any atom is 0.262 e. The molecule has 5 rings (SSSR count). The van der Waals surface area contributed by atoms with Gasteiger partial charge in [0.2, 0.25) is 0 Å². The van der Waals surface area contributed by atoms with Crippen molar-refractivity contribution in [3.8, 4) is 21.9 Å². The lowest BCUT2D eigenvalue weighted by Gasteiger charge is -2.09. The average molecular weight is 451 g/mol. The van der Waals surface area contributed by atoms with Gasteiger partial charge in [-0.25, -0.2) is 0 Å². The van der Waals surface area contributed by atoms with Gasteiger partial charge in [-0.15, -0.1) is 21.5 Å². The predicted molar refractivity (Wildman–Crippen MR) is 119 cm³/mol. The van der Waals surface area contributed by atoms with Crippen LogP contribution in [-0.2, 0) is 6.61 Å². The number of thiophene rings is 1. The molecule has 7 nitrogen and oxygen atoms in total. The Kier molecular flexibility index (Phi) is 5.01. The van der Waals surface area contributed by atoms with Crippen molar-refractivity contribution in [3.63, 3.8) is 0 Å². The Morgan fingerprint density at radius 2 is 2.03 bits per heavy atom. The van der Waals surface area contributed by atoms with Crippen LogP contribution in [-0.4, -0.2) is 31.9 Å². The van der Waals surface area contributed by atoms with E-state index in [1.165, 1.54) is 11.3 Å². The van der Waals surface area contributed by atoms with Crippen molar-refractivity contribution in [1.29, 1.82) is 0 Å². The summed E-state index contributed by atoms with van der Waals surface area (Å²) in [5, 5.41) is 8.91. The van der Waals surface area contributed by atoms with E-state index >= 15 is 0 Å². The highest BCUT2D eigenvalue weighted by molar-refractivity contribution is 7.18. The molecule has 9 heteroatoms. The Balaban J connectivity index is 1.44. The normalized spacial score (nSPS) is 11.2. The number of hydrogen-bond donors (Lipinski definition) is 0. The number of methoxy groups -OCH3 is 1. The number of nitrogens with zero attached hydrogens (tertiary/aromatic N) is 4. The number of aromatic nitrogens is 4. The van der Waals surface area contributed by atoms with E-state index in [9.17, 15) is 4.79 Å². The number of halogens is 1. The molecule has 31 heavy (non-hydrogen) atoms. The summed E-state index contributed by atoms with van der Waals surface area (Å²) in [6.45, 7) is 0.228. The Hall–Kier alpha value is -3.49. The van der Waals surface area contributed by atoms with Crippen molar-refractivity contribution in [2.75, 3.05) is 7.11 Å². The highest BCUT2D eigenvalue weighted by Gasteiger charge is 2.12. The molecular weight excluding hydrogens is 436 g/mol. The fourth-order valence-electron chi connectivity index (χ4n) is 3.28. The number of fused-ring (bicyclic) bond motifs is 2. The van der Waals surface area contributed by atoms with E-state index in [-0.39, 0.29) is 6.61 Å². The number of benzene rings is 1. The largest absolute Gasteiger partial charge is 0.497 e. The number of carbonyl (C=O) groups excluding carboxylic acids is 1. The van der Waals surface area contributed by atoms with Crippen LogP contribution in [0.15, 0.2) is 60.9 Å². The van der Waals surface area contributed by atoms with Crippen LogP contribution in [0.5, 0.6) is 11.5 Å². The van der Waals surface area contributed by atoms with Crippen LogP contribution >= 0.6 is 22.9 Å². The van der Waals surface area contributed by atoms with Gasteiger partial charge in [0.15, 0.2) is 11.5 Å². The van der Waals surface area contributed by atoms with Gasteiger partial charge in [-0.1, -0.05) is 0 Å². The molecule has 0 saturated heterocycles. The monoisotopic (exact) mass is 450 g/mol. The van der Waals surface area contributed by atoms with Crippen LogP contribution < -0.4 is 9.47 Å². The van der Waals surface area contributed by atoms with Crippen molar-refractivity contribution in [2.24, 2.45) is 0 Å². The smallest absolute Gasteiger partial charge is 0.262 e. The zero-order chi connectivity index (χ0) is 21.4. The van der Waals surface area contributed by atoms with Crippen molar-refractivity contribution in [1.82, 2.24) is 19.6 Å². The molecule has 0 spiro atoms. The van der Waals surface area contributed by atoms with Crippen LogP contribution in [0.4, 0.5) is 0 Å². The Bertz CT molecular complexity index is 1430. The molecule has 0 unspecified atom stereocenters. The molecule has 0 aliphatic carbocycles. The summed E-state index contributed by atoms with van der Waals surface area (Å²) in [6.07, 6.45) is 3.63. The molecule has 4 heterocycles. The molecule has 0 amide bonds. The minimum atomic E-state index is -0.460. The SMILES string of the molecule is COc1ccc2c(OCc3nnc4ccc(-c5ccc(C(=O)Cl)s5)cn34)ccnc2c1. The second-order valence-electron chi connectivity index (χ2n) is 6.68. The van der Waals surface area contributed by atoms with Crippen LogP contribution in [0.1, 0.15) is 15.5 Å². The first-order chi connectivity index (χ1) is 15.1. The van der Waals surface area contributed by atoms with Gasteiger partial charge in [-0.3, -0.25) is 14.2 Å². The molecule has 1 aromatic carbocycles. The number of ether oxygens (including phenoxy) is 2. The fourth-order valence-corrected chi connectivity index (χ4v) is 4.28. The predicted octanol–water partition coefficient (Wildman–Crippen LogP) is 4.97. The van der Waals surface area contributed by atoms with E-state index in [0.29, 0.717) is 22.1 Å². The first kappa shape index (κ1) is 19.5. The average Bonchev–Trinajstić information content (AvgIpc) is 3.44. The number of rotatable bonds is 6. The van der Waals surface area contributed by atoms with Gasteiger partial charge in [0, 0.05) is 34.3 Å². The Labute approximate surface area is 185 Å². The van der Waals surface area contributed by atoms with Crippen molar-refractivity contribution < 1.29 is 14.3 Å². The molecule has 0 atom stereocenters. The van der Waals surface area contributed by atoms with Gasteiger partial charge < -0.3 is 9.47 Å². The maximum atomic E-state index is 11.4. The summed E-state index contributed by atoms with van der Waals surface area (Å²) in [4.78, 5) is 17.2. The minimum absolute atomic E-state index is 0.228. The van der Waals surface area contributed by atoms with E-state index in [1.54, 1.807) is 19.4 Å². The van der Waals surface area contributed by atoms with E-state index < -0.39 is 5.24 Å². The van der Waals surface area contributed by atoms with E-state index in [1.807, 2.05) is 53.1 Å². The zero-order valence-corrected chi connectivity index (χ0v) is 17.9. The molecule has 0 N–H and O–H groups in total. The molecule has 0 bridgehead atoms. The lowest BCUT2D eigenvalue weighted by atomic mass is 10.2. The Morgan fingerprint density at radius 1 is 1.13 bits per heavy atom. The fraction of sp³-hybridized carbons (Fsp3) is 0.0909. The van der Waals surface area contributed by atoms with Gasteiger partial charge in [0.1, 0.15) is 18.1 Å². The minimum Gasteiger partial charge on any atom is -0.497 e. The van der Waals surface area contributed by atoms with Gasteiger partial charge in [0.25, 0.3) is 5.24 Å². The highest BCUT2D eigenvalue weighted by Crippen LogP contribution is 2.30. The van der Waals surface area contributed by atoms with Crippen LogP contribution in [0, 0.1) is 0 Å². The van der Waals surface area contributed by atoms with Crippen LogP contribution in [0.2, 0.25) is 0 Å². The topological polar surface area (TPSA) is 78.6 Å². The first-order valence-corrected chi connectivity index (χ1v) is 10.5. The summed E-state index contributed by atoms with van der Waals surface area (Å²) in [6, 6.07) is 14.9. The van der Waals surface area contributed by atoms with Gasteiger partial charge in [-0.05, 0) is 54.1 Å².